The second kappa shape index (κ2) is 6.83. The Labute approximate surface area is 150 Å². The maximum Gasteiger partial charge on any atom is 0.291 e. The van der Waals surface area contributed by atoms with Crippen LogP contribution in [0.15, 0.2) is 65.1 Å². The second-order valence-corrected chi connectivity index (χ2v) is 6.06. The number of halogens is 1. The van der Waals surface area contributed by atoms with Crippen LogP contribution in [0.1, 0.15) is 10.6 Å². The van der Waals surface area contributed by atoms with Crippen LogP contribution in [0.2, 0.25) is 0 Å². The van der Waals surface area contributed by atoms with Crippen LogP contribution in [0.4, 0.5) is 11.4 Å². The average Bonchev–Trinajstić information content (AvgIpc) is 3.07. The zero-order valence-corrected chi connectivity index (χ0v) is 14.4. The van der Waals surface area contributed by atoms with Crippen LogP contribution in [0.25, 0.3) is 11.3 Å². The van der Waals surface area contributed by atoms with Gasteiger partial charge in [-0.15, -0.1) is 0 Å². The summed E-state index contributed by atoms with van der Waals surface area (Å²) in [6.45, 7) is 0. The molecule has 0 bridgehead atoms. The van der Waals surface area contributed by atoms with Crippen LogP contribution < -0.4 is 5.32 Å². The van der Waals surface area contributed by atoms with Crippen LogP contribution in [-0.2, 0) is 0 Å². The first-order chi connectivity index (χ1) is 11.5. The molecule has 3 rings (SSSR count). The molecule has 0 fully saturated rings. The molecule has 120 valence electrons. The van der Waals surface area contributed by atoms with Gasteiger partial charge in [0.15, 0.2) is 5.76 Å². The van der Waals surface area contributed by atoms with Gasteiger partial charge in [-0.1, -0.05) is 12.1 Å². The number of hydrogen-bond donors (Lipinski definition) is 1. The second-order valence-electron chi connectivity index (χ2n) is 4.90. The molecule has 7 heteroatoms. The van der Waals surface area contributed by atoms with Gasteiger partial charge in [-0.2, -0.15) is 0 Å². The van der Waals surface area contributed by atoms with Crippen LogP contribution in [0.3, 0.4) is 0 Å². The van der Waals surface area contributed by atoms with Crippen molar-refractivity contribution in [3.63, 3.8) is 0 Å². The van der Waals surface area contributed by atoms with Gasteiger partial charge in [0.25, 0.3) is 11.6 Å². The molecule has 0 radical (unpaired) electrons. The zero-order chi connectivity index (χ0) is 17.1. The van der Waals surface area contributed by atoms with Crippen molar-refractivity contribution in [1.82, 2.24) is 0 Å². The highest BCUT2D eigenvalue weighted by Gasteiger charge is 2.14. The summed E-state index contributed by atoms with van der Waals surface area (Å²) < 4.78 is 6.48. The van der Waals surface area contributed by atoms with Crippen LogP contribution in [0, 0.1) is 13.7 Å². The van der Waals surface area contributed by atoms with Crippen molar-refractivity contribution in [2.75, 3.05) is 5.32 Å². The first kappa shape index (κ1) is 16.2. The van der Waals surface area contributed by atoms with Gasteiger partial charge in [0.1, 0.15) is 5.76 Å². The van der Waals surface area contributed by atoms with Crippen molar-refractivity contribution in [3.05, 3.63) is 80.1 Å². The Balaban J connectivity index is 1.78. The first-order valence-electron chi connectivity index (χ1n) is 6.95. The van der Waals surface area contributed by atoms with E-state index in [4.69, 9.17) is 4.42 Å². The number of nitrogens with one attached hydrogen (secondary N) is 1. The average molecular weight is 434 g/mol. The molecular weight excluding hydrogens is 423 g/mol. The fourth-order valence-corrected chi connectivity index (χ4v) is 2.63. The summed E-state index contributed by atoms with van der Waals surface area (Å²) in [5, 5.41) is 13.5. The lowest BCUT2D eigenvalue weighted by molar-refractivity contribution is -0.384. The van der Waals surface area contributed by atoms with E-state index < -0.39 is 4.92 Å². The van der Waals surface area contributed by atoms with Gasteiger partial charge in [-0.25, -0.2) is 0 Å². The van der Waals surface area contributed by atoms with Gasteiger partial charge in [0.05, 0.1) is 10.6 Å². The zero-order valence-electron chi connectivity index (χ0n) is 12.2. The number of nitro groups is 1. The normalized spacial score (nSPS) is 10.4. The van der Waals surface area contributed by atoms with Crippen LogP contribution >= 0.6 is 22.6 Å². The third-order valence-corrected chi connectivity index (χ3v) is 4.26. The smallest absolute Gasteiger partial charge is 0.291 e. The van der Waals surface area contributed by atoms with E-state index in [1.807, 2.05) is 18.2 Å². The van der Waals surface area contributed by atoms with E-state index in [0.717, 1.165) is 3.57 Å². The highest BCUT2D eigenvalue weighted by molar-refractivity contribution is 14.1. The number of non-ortho nitro benzene ring substituents is 1. The maximum absolute atomic E-state index is 12.3. The number of benzene rings is 2. The number of anilines is 1. The molecule has 0 aliphatic heterocycles. The number of para-hydroxylation sites is 1. The number of nitrogens with zero attached hydrogens (tertiary/aromatic N) is 1. The minimum absolute atomic E-state index is 0.00178. The molecule has 0 unspecified atom stereocenters. The van der Waals surface area contributed by atoms with E-state index in [1.54, 1.807) is 30.3 Å². The number of nitro benzene ring substituents is 1. The molecule has 0 aliphatic carbocycles. The largest absolute Gasteiger partial charge is 0.451 e. The van der Waals surface area contributed by atoms with E-state index in [-0.39, 0.29) is 17.4 Å². The molecule has 24 heavy (non-hydrogen) atoms. The summed E-state index contributed by atoms with van der Waals surface area (Å²) >= 11 is 2.14. The number of rotatable bonds is 4. The number of hydrogen-bond acceptors (Lipinski definition) is 4. The van der Waals surface area contributed by atoms with E-state index in [9.17, 15) is 14.9 Å². The molecule has 0 spiro atoms. The number of amides is 1. The molecule has 0 saturated carbocycles. The lowest BCUT2D eigenvalue weighted by Gasteiger charge is -2.05. The monoisotopic (exact) mass is 434 g/mol. The predicted molar refractivity (Wildman–Crippen MR) is 97.9 cm³/mol. The molecule has 1 aromatic heterocycles. The Kier molecular flexibility index (Phi) is 4.61. The van der Waals surface area contributed by atoms with Gasteiger partial charge in [0.2, 0.25) is 0 Å². The van der Waals surface area contributed by atoms with Gasteiger partial charge < -0.3 is 9.73 Å². The standard InChI is InChI=1S/C17H11IN2O4/c18-13-3-1-2-4-14(13)19-17(21)16-10-9-15(24-16)11-5-7-12(8-6-11)20(22)23/h1-10H,(H,19,21). The molecular formula is C17H11IN2O4. The van der Waals surface area contributed by atoms with Gasteiger partial charge in [0, 0.05) is 21.3 Å². The summed E-state index contributed by atoms with van der Waals surface area (Å²) in [7, 11) is 0. The number of carbonyl (C=O) groups excluding carboxylic acids is 1. The molecule has 0 atom stereocenters. The Morgan fingerprint density at radius 3 is 2.42 bits per heavy atom. The fourth-order valence-electron chi connectivity index (χ4n) is 2.11. The lowest BCUT2D eigenvalue weighted by Crippen LogP contribution is -2.11. The third-order valence-electron chi connectivity index (χ3n) is 3.31. The third kappa shape index (κ3) is 3.46. The highest BCUT2D eigenvalue weighted by atomic mass is 127. The Hall–Kier alpha value is -2.68. The van der Waals surface area contributed by atoms with Crippen molar-refractivity contribution >= 4 is 39.9 Å². The summed E-state index contributed by atoms with van der Waals surface area (Å²) in [4.78, 5) is 22.5. The van der Waals surface area contributed by atoms with Crippen LogP contribution in [0.5, 0.6) is 0 Å². The fraction of sp³-hybridized carbons (Fsp3) is 0. The number of furan rings is 1. The molecule has 1 amide bonds. The van der Waals surface area contributed by atoms with Gasteiger partial charge in [-0.3, -0.25) is 14.9 Å². The Morgan fingerprint density at radius 1 is 1.04 bits per heavy atom. The van der Waals surface area contributed by atoms with Crippen molar-refractivity contribution < 1.29 is 14.1 Å². The lowest BCUT2D eigenvalue weighted by atomic mass is 10.1. The topological polar surface area (TPSA) is 85.4 Å². The minimum atomic E-state index is -0.466. The van der Waals surface area contributed by atoms with E-state index in [1.165, 1.54) is 12.1 Å². The SMILES string of the molecule is O=C(Nc1ccccc1I)c1ccc(-c2ccc([N+](=O)[O-])cc2)o1. The molecule has 3 aromatic rings. The minimum Gasteiger partial charge on any atom is -0.451 e. The molecule has 1 heterocycles. The van der Waals surface area contributed by atoms with E-state index in [2.05, 4.69) is 27.9 Å². The summed E-state index contributed by atoms with van der Waals surface area (Å²) in [5.41, 5.74) is 1.37. The highest BCUT2D eigenvalue weighted by Crippen LogP contribution is 2.25. The first-order valence-corrected chi connectivity index (χ1v) is 8.03. The Bertz CT molecular complexity index is 903. The molecule has 0 aliphatic rings. The van der Waals surface area contributed by atoms with E-state index in [0.29, 0.717) is 17.0 Å². The summed E-state index contributed by atoms with van der Waals surface area (Å²) in [6, 6.07) is 16.6. The van der Waals surface area contributed by atoms with Crippen molar-refractivity contribution in [2.45, 2.75) is 0 Å². The Morgan fingerprint density at radius 2 is 1.75 bits per heavy atom. The van der Waals surface area contributed by atoms with Gasteiger partial charge >= 0.3 is 0 Å². The van der Waals surface area contributed by atoms with E-state index >= 15 is 0 Å². The van der Waals surface area contributed by atoms with Crippen molar-refractivity contribution in [1.29, 1.82) is 0 Å². The predicted octanol–water partition coefficient (Wildman–Crippen LogP) is 4.71. The molecule has 2 aromatic carbocycles. The van der Waals surface area contributed by atoms with Crippen molar-refractivity contribution in [2.24, 2.45) is 0 Å². The number of carbonyl (C=O) groups is 1. The van der Waals surface area contributed by atoms with Gasteiger partial charge in [-0.05, 0) is 59.0 Å². The van der Waals surface area contributed by atoms with Crippen LogP contribution in [-0.4, -0.2) is 10.8 Å². The quantitative estimate of drug-likeness (QED) is 0.366. The maximum atomic E-state index is 12.3. The molecule has 0 saturated heterocycles. The molecule has 6 nitrogen and oxygen atoms in total. The van der Waals surface area contributed by atoms with Crippen molar-refractivity contribution in [3.8, 4) is 11.3 Å². The summed E-state index contributed by atoms with van der Waals surface area (Å²) in [6.07, 6.45) is 0. The molecule has 1 N–H and O–H groups in total. The summed E-state index contributed by atoms with van der Waals surface area (Å²) in [5.74, 6) is 0.285.